The van der Waals surface area contributed by atoms with Crippen molar-refractivity contribution in [3.8, 4) is 16.9 Å². The molecule has 2 atom stereocenters. The van der Waals surface area contributed by atoms with E-state index >= 15 is 0 Å². The van der Waals surface area contributed by atoms with E-state index in [9.17, 15) is 4.79 Å². The van der Waals surface area contributed by atoms with Crippen LogP contribution in [0.3, 0.4) is 0 Å². The highest BCUT2D eigenvalue weighted by molar-refractivity contribution is 8.14. The number of carbonyl (C=O) groups is 1. The molecule has 2 aliphatic heterocycles. The molecule has 5 N–H and O–H groups in total. The number of fused-ring (bicyclic) bond motifs is 2. The Balaban J connectivity index is 0.000000331. The number of nitrogens with two attached hydrogens (primary N) is 2. The van der Waals surface area contributed by atoms with Crippen LogP contribution in [0.2, 0.25) is 0 Å². The Kier molecular flexibility index (Phi) is 7.97. The van der Waals surface area contributed by atoms with Gasteiger partial charge in [-0.2, -0.15) is 0 Å². The molecule has 33 heavy (non-hydrogen) atoms. The first-order chi connectivity index (χ1) is 15.7. The minimum absolute atomic E-state index is 0.141. The molecule has 0 radical (unpaired) electrons. The normalized spacial score (nSPS) is 21.4. The van der Waals surface area contributed by atoms with Gasteiger partial charge in [0.15, 0.2) is 5.17 Å². The van der Waals surface area contributed by atoms with E-state index in [1.807, 2.05) is 12.4 Å². The topological polar surface area (TPSA) is 129 Å². The number of hydrogen-bond acceptors (Lipinski definition) is 8. The first-order valence-corrected chi connectivity index (χ1v) is 12.2. The molecule has 0 aliphatic carbocycles. The number of nitrogens with zero attached hydrogens (tertiary/aromatic N) is 3. The molecule has 3 heterocycles. The summed E-state index contributed by atoms with van der Waals surface area (Å²) < 4.78 is 6.30. The number of thioether (sulfide) groups is 1. The van der Waals surface area contributed by atoms with E-state index < -0.39 is 0 Å². The predicted molar refractivity (Wildman–Crippen MR) is 134 cm³/mol. The Morgan fingerprint density at radius 3 is 2.55 bits per heavy atom. The first-order valence-electron chi connectivity index (χ1n) is 11.2. The van der Waals surface area contributed by atoms with Gasteiger partial charge in [0, 0.05) is 41.1 Å². The molecule has 2 aromatic rings. The lowest BCUT2D eigenvalue weighted by molar-refractivity contribution is -0.128. The van der Waals surface area contributed by atoms with E-state index in [0.717, 1.165) is 41.0 Å². The summed E-state index contributed by atoms with van der Waals surface area (Å²) in [5, 5.41) is 0.676. The molecule has 4 rings (SSSR count). The van der Waals surface area contributed by atoms with Gasteiger partial charge >= 0.3 is 0 Å². The molecular weight excluding hydrogens is 436 g/mol. The second-order valence-corrected chi connectivity index (χ2v) is 10.4. The van der Waals surface area contributed by atoms with Gasteiger partial charge in [0.1, 0.15) is 23.7 Å². The maximum Gasteiger partial charge on any atom is 0.239 e. The highest BCUT2D eigenvalue weighted by Crippen LogP contribution is 2.49. The van der Waals surface area contributed by atoms with Crippen molar-refractivity contribution in [1.82, 2.24) is 15.4 Å². The Hall–Kier alpha value is -2.65. The number of benzene rings is 1. The van der Waals surface area contributed by atoms with Crippen LogP contribution in [0.1, 0.15) is 58.9 Å². The molecule has 0 bridgehead atoms. The zero-order valence-electron chi connectivity index (χ0n) is 19.8. The predicted octanol–water partition coefficient (Wildman–Crippen LogP) is 3.76. The Morgan fingerprint density at radius 1 is 1.27 bits per heavy atom. The molecule has 178 valence electrons. The van der Waals surface area contributed by atoms with Crippen LogP contribution >= 0.6 is 11.8 Å². The molecule has 9 heteroatoms. The molecule has 1 unspecified atom stereocenters. The largest absolute Gasteiger partial charge is 0.490 e. The lowest BCUT2D eigenvalue weighted by Gasteiger charge is -2.38. The van der Waals surface area contributed by atoms with Gasteiger partial charge in [0.25, 0.3) is 0 Å². The first kappa shape index (κ1) is 25.0. The van der Waals surface area contributed by atoms with Crippen LogP contribution in [0.5, 0.6) is 5.75 Å². The monoisotopic (exact) mass is 470 g/mol. The average Bonchev–Trinajstić information content (AvgIpc) is 3.17. The van der Waals surface area contributed by atoms with Crippen molar-refractivity contribution < 1.29 is 9.53 Å². The molecule has 2 aliphatic rings. The van der Waals surface area contributed by atoms with E-state index in [0.29, 0.717) is 5.17 Å². The Bertz CT molecular complexity index is 992. The summed E-state index contributed by atoms with van der Waals surface area (Å²) in [5.41, 5.74) is 10.7. The second kappa shape index (κ2) is 10.5. The molecular formula is C24H34N6O2S. The summed E-state index contributed by atoms with van der Waals surface area (Å²) in [6, 6.07) is 6.31. The molecule has 1 aromatic carbocycles. The fourth-order valence-corrected chi connectivity index (χ4v) is 4.82. The number of amides is 1. The van der Waals surface area contributed by atoms with Crippen molar-refractivity contribution in [3.05, 3.63) is 42.5 Å². The van der Waals surface area contributed by atoms with E-state index in [-0.39, 0.29) is 23.0 Å². The number of carbonyl (C=O) groups excluding carboxylic acids is 1. The molecule has 0 fully saturated rings. The minimum atomic E-state index is -0.366. The highest BCUT2D eigenvalue weighted by Gasteiger charge is 2.44. The number of aliphatic imine (C=N–C) groups is 1. The third-order valence-electron chi connectivity index (χ3n) is 5.71. The van der Waals surface area contributed by atoms with Crippen LogP contribution in [0, 0.1) is 5.41 Å². The lowest BCUT2D eigenvalue weighted by atomic mass is 9.81. The summed E-state index contributed by atoms with van der Waals surface area (Å²) in [6.07, 6.45) is 9.70. The van der Waals surface area contributed by atoms with Crippen molar-refractivity contribution in [1.29, 1.82) is 0 Å². The minimum Gasteiger partial charge on any atom is -0.490 e. The summed E-state index contributed by atoms with van der Waals surface area (Å²) >= 11 is 1.64. The number of rotatable bonds is 4. The van der Waals surface area contributed by atoms with Gasteiger partial charge in [-0.3, -0.25) is 15.2 Å². The SMILES string of the molecule is CC(C)(C)C(=O)NN.CCCC[C@H]1CC2(CSC(N)=N2)c2cc(-c3cncnc3)ccc2O1. The molecule has 0 saturated carbocycles. The van der Waals surface area contributed by atoms with Gasteiger partial charge in [0.05, 0.1) is 0 Å². The van der Waals surface area contributed by atoms with Crippen molar-refractivity contribution in [2.24, 2.45) is 22.0 Å². The highest BCUT2D eigenvalue weighted by atomic mass is 32.2. The van der Waals surface area contributed by atoms with Crippen LogP contribution in [-0.2, 0) is 10.3 Å². The van der Waals surface area contributed by atoms with Crippen molar-refractivity contribution in [3.63, 3.8) is 0 Å². The Morgan fingerprint density at radius 2 is 2.00 bits per heavy atom. The van der Waals surface area contributed by atoms with Crippen LogP contribution in [0.25, 0.3) is 11.1 Å². The third kappa shape index (κ3) is 6.03. The van der Waals surface area contributed by atoms with Crippen molar-refractivity contribution in [2.45, 2.75) is 65.0 Å². The number of hydrogen-bond donors (Lipinski definition) is 3. The number of aromatic nitrogens is 2. The van der Waals surface area contributed by atoms with E-state index in [4.69, 9.17) is 21.3 Å². The molecule has 1 amide bonds. The number of hydrazine groups is 1. The van der Waals surface area contributed by atoms with Crippen LogP contribution < -0.4 is 21.7 Å². The van der Waals surface area contributed by atoms with Crippen LogP contribution in [-0.4, -0.2) is 32.9 Å². The average molecular weight is 471 g/mol. The number of nitrogens with one attached hydrogen (secondary N) is 1. The summed E-state index contributed by atoms with van der Waals surface area (Å²) in [6.45, 7) is 7.61. The van der Waals surface area contributed by atoms with E-state index in [1.54, 1.807) is 38.9 Å². The fraction of sp³-hybridized carbons (Fsp3) is 0.500. The number of unbranched alkanes of at least 4 members (excludes halogenated alkanes) is 1. The van der Waals surface area contributed by atoms with Crippen LogP contribution in [0.4, 0.5) is 0 Å². The number of amidine groups is 1. The molecule has 1 aromatic heterocycles. The smallest absolute Gasteiger partial charge is 0.239 e. The second-order valence-electron chi connectivity index (χ2n) is 9.42. The van der Waals surface area contributed by atoms with Gasteiger partial charge in [-0.25, -0.2) is 15.8 Å². The Labute approximate surface area is 200 Å². The zero-order valence-corrected chi connectivity index (χ0v) is 20.6. The summed E-state index contributed by atoms with van der Waals surface area (Å²) in [4.78, 5) is 23.7. The third-order valence-corrected chi connectivity index (χ3v) is 6.72. The molecule has 1 spiro atoms. The maximum atomic E-state index is 10.6. The van der Waals surface area contributed by atoms with Gasteiger partial charge < -0.3 is 10.5 Å². The van der Waals surface area contributed by atoms with E-state index in [1.165, 1.54) is 12.8 Å². The molecule has 0 saturated heterocycles. The quantitative estimate of drug-likeness (QED) is 0.352. The van der Waals surface area contributed by atoms with Gasteiger partial charge in [-0.1, -0.05) is 58.4 Å². The van der Waals surface area contributed by atoms with Crippen molar-refractivity contribution in [2.75, 3.05) is 5.75 Å². The van der Waals surface area contributed by atoms with Crippen LogP contribution in [0.15, 0.2) is 41.9 Å². The summed E-state index contributed by atoms with van der Waals surface area (Å²) in [5.74, 6) is 6.54. The molecule has 8 nitrogen and oxygen atoms in total. The zero-order chi connectivity index (χ0) is 24.1. The number of ether oxygens (including phenoxy) is 1. The standard InChI is InChI=1S/C19H22N4OS.C5H12N2O/c1-2-3-4-15-8-19(11-25-18(20)23-19)16-7-13(5-6-17(16)24-15)14-9-21-12-22-10-14;1-5(2,3)4(8)7-6/h5-7,9-10,12,15H,2-4,8,11H2,1H3,(H2,20,23);6H2,1-3H3,(H,7,8)/t15-,19?;/m0./s1. The van der Waals surface area contributed by atoms with Gasteiger partial charge in [0.2, 0.25) is 5.91 Å². The summed E-state index contributed by atoms with van der Waals surface area (Å²) in [7, 11) is 0. The maximum absolute atomic E-state index is 10.6. The fourth-order valence-electron chi connectivity index (χ4n) is 3.85. The van der Waals surface area contributed by atoms with E-state index in [2.05, 4.69) is 40.5 Å². The van der Waals surface area contributed by atoms with Gasteiger partial charge in [-0.05, 0) is 24.1 Å². The van der Waals surface area contributed by atoms with Crippen molar-refractivity contribution >= 4 is 22.8 Å². The lowest BCUT2D eigenvalue weighted by Crippen LogP contribution is -2.39. The van der Waals surface area contributed by atoms with Gasteiger partial charge in [-0.15, -0.1) is 0 Å².